The minimum absolute atomic E-state index is 0.0271. The molecule has 6 heteroatoms. The summed E-state index contributed by atoms with van der Waals surface area (Å²) in [5.74, 6) is 0.569. The van der Waals surface area contributed by atoms with Crippen molar-refractivity contribution < 1.29 is 14.3 Å². The second kappa shape index (κ2) is 9.09. The van der Waals surface area contributed by atoms with E-state index in [9.17, 15) is 9.59 Å². The number of carbonyl (C=O) groups is 2. The molecule has 0 bridgehead atoms. The molecule has 5 nitrogen and oxygen atoms in total. The molecule has 1 N–H and O–H groups in total. The summed E-state index contributed by atoms with van der Waals surface area (Å²) >= 11 is 1.60. The molecule has 1 aliphatic rings. The van der Waals surface area contributed by atoms with Crippen molar-refractivity contribution in [3.8, 4) is 5.75 Å². The summed E-state index contributed by atoms with van der Waals surface area (Å²) in [5.41, 5.74) is 3.76. The molecule has 4 rings (SSSR count). The summed E-state index contributed by atoms with van der Waals surface area (Å²) in [4.78, 5) is 31.4. The van der Waals surface area contributed by atoms with Crippen LogP contribution in [0.1, 0.15) is 57.0 Å². The third-order valence-corrected chi connectivity index (χ3v) is 6.37. The van der Waals surface area contributed by atoms with E-state index in [1.54, 1.807) is 42.7 Å². The lowest BCUT2D eigenvalue weighted by molar-refractivity contribution is 0.0948. The summed E-state index contributed by atoms with van der Waals surface area (Å²) in [6.07, 6.45) is 1.02. The standard InChI is InChI=1S/C26H26N2O3S/c1-26(2)15-19-10-11-20(31-3)13-22(19)23(28-26)14-24(29)17-6-8-18(9-7-17)25(30)27-16-21-5-4-12-32-21/h4-13H,14-16H2,1-3H3,(H,27,30). The number of methoxy groups -OCH3 is 1. The molecule has 32 heavy (non-hydrogen) atoms. The number of nitrogens with one attached hydrogen (secondary N) is 1. The van der Waals surface area contributed by atoms with E-state index in [1.807, 2.05) is 29.6 Å². The Kier molecular flexibility index (Phi) is 6.24. The van der Waals surface area contributed by atoms with Gasteiger partial charge in [-0.05, 0) is 61.5 Å². The first kappa shape index (κ1) is 22.0. The molecule has 2 heterocycles. The van der Waals surface area contributed by atoms with Crippen LogP contribution in [0.3, 0.4) is 0 Å². The number of Topliss-reactive ketones (excluding diaryl/α,β-unsaturated/α-hetero) is 1. The molecule has 0 saturated carbocycles. The van der Waals surface area contributed by atoms with Gasteiger partial charge in [0.15, 0.2) is 5.78 Å². The van der Waals surface area contributed by atoms with E-state index in [-0.39, 0.29) is 23.7 Å². The van der Waals surface area contributed by atoms with Gasteiger partial charge < -0.3 is 10.1 Å². The second-order valence-corrected chi connectivity index (χ2v) is 9.54. The highest BCUT2D eigenvalue weighted by molar-refractivity contribution is 7.09. The van der Waals surface area contributed by atoms with Gasteiger partial charge in [-0.1, -0.05) is 24.3 Å². The highest BCUT2D eigenvalue weighted by Gasteiger charge is 2.28. The van der Waals surface area contributed by atoms with E-state index in [4.69, 9.17) is 9.73 Å². The van der Waals surface area contributed by atoms with E-state index >= 15 is 0 Å². The van der Waals surface area contributed by atoms with E-state index < -0.39 is 0 Å². The largest absolute Gasteiger partial charge is 0.497 e. The Morgan fingerprint density at radius 2 is 1.84 bits per heavy atom. The quantitative estimate of drug-likeness (QED) is 0.515. The van der Waals surface area contributed by atoms with Crippen LogP contribution >= 0.6 is 11.3 Å². The van der Waals surface area contributed by atoms with Crippen LogP contribution in [0.5, 0.6) is 5.75 Å². The number of benzene rings is 2. The molecule has 0 saturated heterocycles. The first-order valence-corrected chi connectivity index (χ1v) is 11.4. The normalized spacial score (nSPS) is 14.3. The molecule has 1 aromatic heterocycles. The topological polar surface area (TPSA) is 67.8 Å². The Bertz CT molecular complexity index is 1160. The summed E-state index contributed by atoms with van der Waals surface area (Å²) < 4.78 is 5.37. The van der Waals surface area contributed by atoms with Gasteiger partial charge in [-0.25, -0.2) is 0 Å². The fraction of sp³-hybridized carbons (Fsp3) is 0.269. The molecule has 3 aromatic rings. The number of carbonyl (C=O) groups excluding carboxylic acids is 2. The van der Waals surface area contributed by atoms with Crippen molar-refractivity contribution in [1.29, 1.82) is 0 Å². The highest BCUT2D eigenvalue weighted by atomic mass is 32.1. The van der Waals surface area contributed by atoms with Crippen molar-refractivity contribution in [2.24, 2.45) is 4.99 Å². The maximum atomic E-state index is 13.0. The molecule has 1 amide bonds. The van der Waals surface area contributed by atoms with Crippen LogP contribution in [0.15, 0.2) is 65.0 Å². The van der Waals surface area contributed by atoms with Gasteiger partial charge in [0.2, 0.25) is 0 Å². The lowest BCUT2D eigenvalue weighted by Gasteiger charge is -2.29. The highest BCUT2D eigenvalue weighted by Crippen LogP contribution is 2.31. The third kappa shape index (κ3) is 4.97. The summed E-state index contributed by atoms with van der Waals surface area (Å²) in [6.45, 7) is 4.65. The Morgan fingerprint density at radius 1 is 1.09 bits per heavy atom. The zero-order valence-corrected chi connectivity index (χ0v) is 19.3. The van der Waals surface area contributed by atoms with Gasteiger partial charge in [0, 0.05) is 21.6 Å². The Morgan fingerprint density at radius 3 is 2.53 bits per heavy atom. The van der Waals surface area contributed by atoms with E-state index in [0.717, 1.165) is 28.3 Å². The smallest absolute Gasteiger partial charge is 0.251 e. The maximum absolute atomic E-state index is 13.0. The van der Waals surface area contributed by atoms with Crippen molar-refractivity contribution in [2.75, 3.05) is 7.11 Å². The molecule has 0 fully saturated rings. The number of amides is 1. The van der Waals surface area contributed by atoms with Crippen molar-refractivity contribution in [1.82, 2.24) is 5.32 Å². The fourth-order valence-electron chi connectivity index (χ4n) is 3.92. The van der Waals surface area contributed by atoms with Gasteiger partial charge >= 0.3 is 0 Å². The van der Waals surface area contributed by atoms with Crippen molar-refractivity contribution in [2.45, 2.75) is 38.8 Å². The van der Waals surface area contributed by atoms with E-state index in [1.165, 1.54) is 5.56 Å². The van der Waals surface area contributed by atoms with Crippen LogP contribution < -0.4 is 10.1 Å². The monoisotopic (exact) mass is 446 g/mol. The number of aliphatic imine (C=N–C) groups is 1. The number of ketones is 1. The third-order valence-electron chi connectivity index (χ3n) is 5.49. The predicted octanol–water partition coefficient (Wildman–Crippen LogP) is 5.08. The number of fused-ring (bicyclic) bond motifs is 1. The number of hydrogen-bond acceptors (Lipinski definition) is 5. The molecule has 1 aliphatic heterocycles. The zero-order chi connectivity index (χ0) is 22.7. The zero-order valence-electron chi connectivity index (χ0n) is 18.5. The van der Waals surface area contributed by atoms with Crippen LogP contribution in [0, 0.1) is 0 Å². The minimum Gasteiger partial charge on any atom is -0.497 e. The van der Waals surface area contributed by atoms with Gasteiger partial charge in [-0.15, -0.1) is 11.3 Å². The first-order valence-electron chi connectivity index (χ1n) is 10.5. The summed E-state index contributed by atoms with van der Waals surface area (Å²) in [5, 5.41) is 4.88. The van der Waals surface area contributed by atoms with Gasteiger partial charge in [0.25, 0.3) is 5.91 Å². The molecule has 0 atom stereocenters. The number of nitrogens with zero attached hydrogens (tertiary/aromatic N) is 1. The maximum Gasteiger partial charge on any atom is 0.251 e. The van der Waals surface area contributed by atoms with Crippen LogP contribution in [-0.4, -0.2) is 30.1 Å². The lowest BCUT2D eigenvalue weighted by atomic mass is 9.85. The summed E-state index contributed by atoms with van der Waals surface area (Å²) in [7, 11) is 1.63. The molecular weight excluding hydrogens is 420 g/mol. The van der Waals surface area contributed by atoms with Crippen molar-refractivity contribution >= 4 is 28.7 Å². The fourth-order valence-corrected chi connectivity index (χ4v) is 4.56. The first-order chi connectivity index (χ1) is 15.3. The van der Waals surface area contributed by atoms with Crippen LogP contribution in [0.2, 0.25) is 0 Å². The van der Waals surface area contributed by atoms with Crippen LogP contribution in [-0.2, 0) is 13.0 Å². The lowest BCUT2D eigenvalue weighted by Crippen LogP contribution is -2.30. The van der Waals surface area contributed by atoms with Gasteiger partial charge in [-0.3, -0.25) is 14.6 Å². The molecule has 0 unspecified atom stereocenters. The minimum atomic E-state index is -0.262. The van der Waals surface area contributed by atoms with Crippen molar-refractivity contribution in [3.63, 3.8) is 0 Å². The average Bonchev–Trinajstić information content (AvgIpc) is 3.30. The number of hydrogen-bond donors (Lipinski definition) is 1. The van der Waals surface area contributed by atoms with E-state index in [2.05, 4.69) is 25.2 Å². The molecule has 0 aliphatic carbocycles. The average molecular weight is 447 g/mol. The molecule has 0 spiro atoms. The van der Waals surface area contributed by atoms with Gasteiger partial charge in [0.1, 0.15) is 5.75 Å². The SMILES string of the molecule is COc1ccc2c(c1)C(CC(=O)c1ccc(C(=O)NCc3cccs3)cc1)=NC(C)(C)C2. The number of thiophene rings is 1. The van der Waals surface area contributed by atoms with Crippen molar-refractivity contribution in [3.05, 3.63) is 87.1 Å². The Hall–Kier alpha value is -3.25. The molecular formula is C26H26N2O3S. The predicted molar refractivity (Wildman–Crippen MR) is 128 cm³/mol. The van der Waals surface area contributed by atoms with E-state index in [0.29, 0.717) is 17.7 Å². The van der Waals surface area contributed by atoms with Gasteiger partial charge in [-0.2, -0.15) is 0 Å². The molecule has 164 valence electrons. The molecule has 2 aromatic carbocycles. The van der Waals surface area contributed by atoms with Crippen LogP contribution in [0.4, 0.5) is 0 Å². The number of ether oxygens (including phenoxy) is 1. The number of rotatable bonds is 7. The summed E-state index contributed by atoms with van der Waals surface area (Å²) in [6, 6.07) is 16.7. The Balaban J connectivity index is 1.48. The Labute approximate surface area is 192 Å². The van der Waals surface area contributed by atoms with Gasteiger partial charge in [0.05, 0.1) is 31.3 Å². The second-order valence-electron chi connectivity index (χ2n) is 8.51. The molecule has 0 radical (unpaired) electrons. The van der Waals surface area contributed by atoms with Crippen LogP contribution in [0.25, 0.3) is 0 Å².